The lowest BCUT2D eigenvalue weighted by molar-refractivity contribution is -0.133. The average Bonchev–Trinajstić information content (AvgIpc) is 2.77. The second-order valence-corrected chi connectivity index (χ2v) is 4.81. The number of hydrogen-bond donors (Lipinski definition) is 2. The molecule has 1 aliphatic heterocycles. The first-order valence-corrected chi connectivity index (χ1v) is 6.09. The molecule has 0 aromatic carbocycles. The van der Waals surface area contributed by atoms with Crippen LogP contribution in [0.25, 0.3) is 0 Å². The maximum absolute atomic E-state index is 11.8. The van der Waals surface area contributed by atoms with Crippen LogP contribution in [0.1, 0.15) is 12.8 Å². The van der Waals surface area contributed by atoms with Crippen molar-refractivity contribution < 1.29 is 10.0 Å². The Kier molecular flexibility index (Phi) is 4.74. The molecule has 1 fully saturated rings. The highest BCUT2D eigenvalue weighted by molar-refractivity contribution is 7.99. The average molecular weight is 231 g/mol. The predicted octanol–water partition coefficient (Wildman–Crippen LogP) is 0.334. The largest absolute Gasteiger partial charge is 0.409 e. The molecule has 1 heterocycles. The molecule has 1 saturated heterocycles. The van der Waals surface area contributed by atoms with Gasteiger partial charge in [0.1, 0.15) is 5.84 Å². The van der Waals surface area contributed by atoms with Crippen LogP contribution in [0.4, 0.5) is 0 Å². The summed E-state index contributed by atoms with van der Waals surface area (Å²) in [7, 11) is 1.76. The molecule has 5 nitrogen and oxygen atoms in total. The molecule has 0 aromatic heterocycles. The first-order chi connectivity index (χ1) is 7.15. The third-order valence-electron chi connectivity index (χ3n) is 2.49. The molecule has 86 valence electrons. The Morgan fingerprint density at radius 1 is 1.73 bits per heavy atom. The van der Waals surface area contributed by atoms with Gasteiger partial charge in [-0.1, -0.05) is 5.16 Å². The zero-order chi connectivity index (χ0) is 11.3. The van der Waals surface area contributed by atoms with Crippen molar-refractivity contribution in [3.05, 3.63) is 0 Å². The molecule has 6 heteroatoms. The van der Waals surface area contributed by atoms with Crippen molar-refractivity contribution in [2.24, 2.45) is 16.8 Å². The van der Waals surface area contributed by atoms with Gasteiger partial charge in [-0.3, -0.25) is 4.79 Å². The van der Waals surface area contributed by atoms with E-state index in [-0.39, 0.29) is 17.7 Å². The number of amidine groups is 1. The lowest BCUT2D eigenvalue weighted by Crippen LogP contribution is -2.35. The van der Waals surface area contributed by atoms with E-state index in [2.05, 4.69) is 5.16 Å². The summed E-state index contributed by atoms with van der Waals surface area (Å²) in [4.78, 5) is 13.5. The first-order valence-electron chi connectivity index (χ1n) is 4.94. The highest BCUT2D eigenvalue weighted by Crippen LogP contribution is 2.24. The molecule has 0 bridgehead atoms. The van der Waals surface area contributed by atoms with Crippen LogP contribution in [-0.2, 0) is 4.79 Å². The fourth-order valence-corrected chi connectivity index (χ4v) is 2.70. The SMILES string of the molecule is CN(CCC(N)=NO)C(=O)C1CCSC1. The van der Waals surface area contributed by atoms with Crippen molar-refractivity contribution in [2.45, 2.75) is 12.8 Å². The normalized spacial score (nSPS) is 21.7. The van der Waals surface area contributed by atoms with Crippen LogP contribution in [0.2, 0.25) is 0 Å². The van der Waals surface area contributed by atoms with Crippen LogP contribution in [0.5, 0.6) is 0 Å². The molecule has 1 unspecified atom stereocenters. The second-order valence-electron chi connectivity index (χ2n) is 3.66. The van der Waals surface area contributed by atoms with Gasteiger partial charge in [-0.25, -0.2) is 0 Å². The van der Waals surface area contributed by atoms with E-state index in [1.807, 2.05) is 11.8 Å². The van der Waals surface area contributed by atoms with Gasteiger partial charge in [0.05, 0.1) is 0 Å². The third-order valence-corrected chi connectivity index (χ3v) is 3.65. The quantitative estimate of drug-likeness (QED) is 0.316. The lowest BCUT2D eigenvalue weighted by Gasteiger charge is -2.20. The molecular weight excluding hydrogens is 214 g/mol. The predicted molar refractivity (Wildman–Crippen MR) is 61.1 cm³/mol. The van der Waals surface area contributed by atoms with Crippen molar-refractivity contribution in [1.82, 2.24) is 4.90 Å². The van der Waals surface area contributed by atoms with Gasteiger partial charge in [0.25, 0.3) is 0 Å². The van der Waals surface area contributed by atoms with E-state index in [1.165, 1.54) is 0 Å². The monoisotopic (exact) mass is 231 g/mol. The van der Waals surface area contributed by atoms with Gasteiger partial charge >= 0.3 is 0 Å². The highest BCUT2D eigenvalue weighted by Gasteiger charge is 2.25. The number of hydrogen-bond acceptors (Lipinski definition) is 4. The number of nitrogens with two attached hydrogens (primary N) is 1. The Balaban J connectivity index is 2.32. The van der Waals surface area contributed by atoms with E-state index >= 15 is 0 Å². The Morgan fingerprint density at radius 2 is 2.47 bits per heavy atom. The number of oxime groups is 1. The molecule has 1 rings (SSSR count). The maximum Gasteiger partial charge on any atom is 0.226 e. The van der Waals surface area contributed by atoms with Crippen molar-refractivity contribution in [3.63, 3.8) is 0 Å². The fourth-order valence-electron chi connectivity index (χ4n) is 1.48. The first kappa shape index (κ1) is 12.2. The van der Waals surface area contributed by atoms with E-state index in [0.717, 1.165) is 17.9 Å². The molecular formula is C9H17N3O2S. The number of nitrogens with zero attached hydrogens (tertiary/aromatic N) is 2. The Morgan fingerprint density at radius 3 is 3.00 bits per heavy atom. The number of carbonyl (C=O) groups is 1. The summed E-state index contributed by atoms with van der Waals surface area (Å²) in [5, 5.41) is 11.2. The smallest absolute Gasteiger partial charge is 0.226 e. The Hall–Kier alpha value is -0.910. The molecule has 0 aromatic rings. The molecule has 15 heavy (non-hydrogen) atoms. The standard InChI is InChI=1S/C9H17N3O2S/c1-12(4-2-8(10)11-14)9(13)7-3-5-15-6-7/h7,14H,2-6H2,1H3,(H2,10,11). The van der Waals surface area contributed by atoms with E-state index in [1.54, 1.807) is 11.9 Å². The van der Waals surface area contributed by atoms with Crippen molar-refractivity contribution in [1.29, 1.82) is 0 Å². The molecule has 1 atom stereocenters. The van der Waals surface area contributed by atoms with Crippen LogP contribution in [0.3, 0.4) is 0 Å². The summed E-state index contributed by atoms with van der Waals surface area (Å²) in [6.07, 6.45) is 1.38. The maximum atomic E-state index is 11.8. The molecule has 1 amide bonds. The van der Waals surface area contributed by atoms with Crippen molar-refractivity contribution >= 4 is 23.5 Å². The Labute approximate surface area is 93.7 Å². The molecule has 0 spiro atoms. The van der Waals surface area contributed by atoms with Gasteiger partial charge in [0.15, 0.2) is 0 Å². The highest BCUT2D eigenvalue weighted by atomic mass is 32.2. The van der Waals surface area contributed by atoms with Crippen LogP contribution in [0, 0.1) is 5.92 Å². The van der Waals surface area contributed by atoms with Gasteiger partial charge in [-0.05, 0) is 12.2 Å². The molecule has 0 saturated carbocycles. The van der Waals surface area contributed by atoms with Crippen molar-refractivity contribution in [2.75, 3.05) is 25.1 Å². The van der Waals surface area contributed by atoms with Gasteiger partial charge in [0.2, 0.25) is 5.91 Å². The summed E-state index contributed by atoms with van der Waals surface area (Å²) in [5.41, 5.74) is 5.33. The van der Waals surface area contributed by atoms with Gasteiger partial charge in [-0.2, -0.15) is 11.8 Å². The second kappa shape index (κ2) is 5.85. The molecule has 3 N–H and O–H groups in total. The van der Waals surface area contributed by atoms with Gasteiger partial charge in [-0.15, -0.1) is 0 Å². The molecule has 0 aliphatic carbocycles. The van der Waals surface area contributed by atoms with Gasteiger partial charge in [0, 0.05) is 31.7 Å². The minimum Gasteiger partial charge on any atom is -0.409 e. The minimum atomic E-state index is 0.160. The number of amides is 1. The third kappa shape index (κ3) is 3.62. The number of carbonyl (C=O) groups excluding carboxylic acids is 1. The van der Waals surface area contributed by atoms with Crippen LogP contribution < -0.4 is 5.73 Å². The lowest BCUT2D eigenvalue weighted by atomic mass is 10.1. The number of thioether (sulfide) groups is 1. The topological polar surface area (TPSA) is 78.9 Å². The van der Waals surface area contributed by atoms with E-state index in [0.29, 0.717) is 13.0 Å². The molecule has 0 radical (unpaired) electrons. The zero-order valence-electron chi connectivity index (χ0n) is 8.85. The van der Waals surface area contributed by atoms with Crippen LogP contribution in [0.15, 0.2) is 5.16 Å². The summed E-state index contributed by atoms with van der Waals surface area (Å²) in [5.74, 6) is 2.49. The summed E-state index contributed by atoms with van der Waals surface area (Å²) in [6, 6.07) is 0. The van der Waals surface area contributed by atoms with Crippen LogP contribution in [-0.4, -0.2) is 46.9 Å². The van der Waals surface area contributed by atoms with E-state index < -0.39 is 0 Å². The summed E-state index contributed by atoms with van der Waals surface area (Å²) < 4.78 is 0. The minimum absolute atomic E-state index is 0.160. The van der Waals surface area contributed by atoms with E-state index in [9.17, 15) is 4.79 Å². The van der Waals surface area contributed by atoms with Crippen LogP contribution >= 0.6 is 11.8 Å². The molecule has 1 aliphatic rings. The zero-order valence-corrected chi connectivity index (χ0v) is 9.66. The van der Waals surface area contributed by atoms with Gasteiger partial charge < -0.3 is 15.8 Å². The van der Waals surface area contributed by atoms with E-state index in [4.69, 9.17) is 10.9 Å². The fraction of sp³-hybridized carbons (Fsp3) is 0.778. The Bertz CT molecular complexity index is 252. The van der Waals surface area contributed by atoms with Crippen molar-refractivity contribution in [3.8, 4) is 0 Å². The number of rotatable bonds is 4. The summed E-state index contributed by atoms with van der Waals surface area (Å²) >= 11 is 1.82. The summed E-state index contributed by atoms with van der Waals surface area (Å²) in [6.45, 7) is 0.510.